The number of nitrogens with zero attached hydrogens (tertiary/aromatic N) is 1. The highest BCUT2D eigenvalue weighted by molar-refractivity contribution is 7.94. The molecule has 0 fully saturated rings. The topological polar surface area (TPSA) is 38.7 Å². The molecule has 2 aromatic carbocycles. The van der Waals surface area contributed by atoms with Crippen molar-refractivity contribution in [3.8, 4) is 5.75 Å². The average Bonchev–Trinajstić information content (AvgIpc) is 2.47. The summed E-state index contributed by atoms with van der Waals surface area (Å²) in [5.74, 6) is 0.130. The van der Waals surface area contributed by atoms with E-state index < -0.39 is 15.2 Å². The van der Waals surface area contributed by atoms with E-state index in [0.29, 0.717) is 0 Å². The van der Waals surface area contributed by atoms with Gasteiger partial charge in [-0.25, -0.2) is 4.21 Å². The molecule has 112 valence electrons. The molecule has 0 saturated carbocycles. The molecular weight excluding hydrogens is 303 g/mol. The Balaban J connectivity index is 2.73. The molecule has 1 unspecified atom stereocenters. The first kappa shape index (κ1) is 15.4. The van der Waals surface area contributed by atoms with Crippen molar-refractivity contribution >= 4 is 15.4 Å². The fourth-order valence-electron chi connectivity index (χ4n) is 1.69. The molecular formula is C14H12F3NO2S. The second kappa shape index (κ2) is 5.77. The lowest BCUT2D eigenvalue weighted by Gasteiger charge is -2.14. The normalized spacial score (nSPS) is 14.3. The van der Waals surface area contributed by atoms with Gasteiger partial charge in [-0.1, -0.05) is 30.3 Å². The van der Waals surface area contributed by atoms with Crippen molar-refractivity contribution in [2.75, 3.05) is 7.11 Å². The molecule has 7 heteroatoms. The first-order valence-electron chi connectivity index (χ1n) is 5.90. The van der Waals surface area contributed by atoms with E-state index in [1.54, 1.807) is 12.1 Å². The first-order valence-corrected chi connectivity index (χ1v) is 7.41. The summed E-state index contributed by atoms with van der Waals surface area (Å²) in [6, 6.07) is 12.5. The Bertz CT molecular complexity index is 735. The molecule has 21 heavy (non-hydrogen) atoms. The largest absolute Gasteiger partial charge is 0.494 e. The quantitative estimate of drug-likeness (QED) is 0.843. The summed E-state index contributed by atoms with van der Waals surface area (Å²) in [6.07, 6.45) is 0. The maximum absolute atomic E-state index is 13.3. The molecule has 0 aliphatic heterocycles. The summed E-state index contributed by atoms with van der Waals surface area (Å²) in [5, 5.41) is 0. The van der Waals surface area contributed by atoms with Crippen LogP contribution < -0.4 is 4.74 Å². The molecule has 0 spiro atoms. The molecule has 0 aliphatic carbocycles. The Labute approximate surface area is 120 Å². The molecule has 3 nitrogen and oxygen atoms in total. The van der Waals surface area contributed by atoms with Crippen molar-refractivity contribution in [2.24, 2.45) is 4.36 Å². The van der Waals surface area contributed by atoms with Gasteiger partial charge in [0.25, 0.3) is 0 Å². The molecule has 0 saturated heterocycles. The number of alkyl halides is 3. The van der Waals surface area contributed by atoms with Crippen molar-refractivity contribution < 1.29 is 22.1 Å². The maximum atomic E-state index is 13.3. The van der Waals surface area contributed by atoms with E-state index >= 15 is 0 Å². The van der Waals surface area contributed by atoms with Gasteiger partial charge in [0.2, 0.25) is 0 Å². The second-order valence-electron chi connectivity index (χ2n) is 4.05. The Morgan fingerprint density at radius 1 is 1.00 bits per heavy atom. The molecule has 0 aromatic heterocycles. The average molecular weight is 315 g/mol. The van der Waals surface area contributed by atoms with Crippen molar-refractivity contribution in [1.29, 1.82) is 0 Å². The molecule has 2 rings (SSSR count). The monoisotopic (exact) mass is 315 g/mol. The molecule has 0 bridgehead atoms. The maximum Gasteiger partial charge on any atom is 0.484 e. The number of ether oxygens (including phenoxy) is 1. The Hall–Kier alpha value is -2.02. The number of para-hydroxylation sites is 1. The minimum atomic E-state index is -4.99. The van der Waals surface area contributed by atoms with Gasteiger partial charge in [0.15, 0.2) is 9.73 Å². The van der Waals surface area contributed by atoms with Crippen LogP contribution in [0.15, 0.2) is 63.9 Å². The fraction of sp³-hybridized carbons (Fsp3) is 0.143. The zero-order valence-electron chi connectivity index (χ0n) is 11.0. The summed E-state index contributed by atoms with van der Waals surface area (Å²) >= 11 is 0. The van der Waals surface area contributed by atoms with Crippen LogP contribution in [0.2, 0.25) is 0 Å². The van der Waals surface area contributed by atoms with Crippen LogP contribution in [0.4, 0.5) is 18.9 Å². The summed E-state index contributed by atoms with van der Waals surface area (Å²) in [6.45, 7) is 0. The van der Waals surface area contributed by atoms with E-state index in [-0.39, 0.29) is 16.3 Å². The van der Waals surface area contributed by atoms with Crippen LogP contribution in [0.3, 0.4) is 0 Å². The van der Waals surface area contributed by atoms with Gasteiger partial charge >= 0.3 is 5.51 Å². The SMILES string of the molecule is COc1ccccc1N=S(=O)(c1ccccc1)C(F)(F)F. The number of methoxy groups -OCH3 is 1. The van der Waals surface area contributed by atoms with Crippen molar-refractivity contribution in [3.05, 3.63) is 54.6 Å². The zero-order chi connectivity index (χ0) is 15.5. The predicted molar refractivity (Wildman–Crippen MR) is 74.0 cm³/mol. The lowest BCUT2D eigenvalue weighted by atomic mass is 10.3. The van der Waals surface area contributed by atoms with Crippen LogP contribution in [-0.4, -0.2) is 16.8 Å². The number of hydrogen-bond acceptors (Lipinski definition) is 3. The van der Waals surface area contributed by atoms with Gasteiger partial charge in [0.05, 0.1) is 12.0 Å². The standard InChI is InChI=1S/C14H12F3NO2S/c1-20-13-10-6-5-9-12(13)18-21(19,14(15,16)17)11-7-3-2-4-8-11/h2-10H,1H3. The van der Waals surface area contributed by atoms with Gasteiger partial charge < -0.3 is 4.74 Å². The van der Waals surface area contributed by atoms with E-state index in [0.717, 1.165) is 12.1 Å². The summed E-state index contributed by atoms with van der Waals surface area (Å²) < 4.78 is 60.8. The van der Waals surface area contributed by atoms with E-state index in [9.17, 15) is 17.4 Å². The lowest BCUT2D eigenvalue weighted by Crippen LogP contribution is -2.22. The molecule has 0 radical (unpaired) electrons. The molecule has 0 aliphatic rings. The smallest absolute Gasteiger partial charge is 0.484 e. The van der Waals surface area contributed by atoms with E-state index in [2.05, 4.69) is 4.36 Å². The van der Waals surface area contributed by atoms with Gasteiger partial charge in [0, 0.05) is 0 Å². The third kappa shape index (κ3) is 3.02. The number of hydrogen-bond donors (Lipinski definition) is 0. The van der Waals surface area contributed by atoms with Gasteiger partial charge in [0.1, 0.15) is 11.4 Å². The Morgan fingerprint density at radius 3 is 2.14 bits per heavy atom. The molecule has 1 atom stereocenters. The lowest BCUT2D eigenvalue weighted by molar-refractivity contribution is -0.0402. The molecule has 0 N–H and O–H groups in total. The summed E-state index contributed by atoms with van der Waals surface area (Å²) in [7, 11) is -3.31. The molecule has 0 heterocycles. The third-order valence-corrected chi connectivity index (χ3v) is 4.68. The number of halogens is 3. The van der Waals surface area contributed by atoms with Crippen molar-refractivity contribution in [2.45, 2.75) is 10.4 Å². The Kier molecular flexibility index (Phi) is 4.22. The fourth-order valence-corrected chi connectivity index (χ4v) is 3.12. The van der Waals surface area contributed by atoms with Crippen LogP contribution in [0.25, 0.3) is 0 Å². The van der Waals surface area contributed by atoms with Crippen molar-refractivity contribution in [1.82, 2.24) is 0 Å². The predicted octanol–water partition coefficient (Wildman–Crippen LogP) is 4.37. The minimum absolute atomic E-state index is 0.105. The van der Waals surface area contributed by atoms with Crippen LogP contribution >= 0.6 is 0 Å². The van der Waals surface area contributed by atoms with Crippen molar-refractivity contribution in [3.63, 3.8) is 0 Å². The van der Waals surface area contributed by atoms with Crippen LogP contribution in [0, 0.1) is 0 Å². The minimum Gasteiger partial charge on any atom is -0.494 e. The summed E-state index contributed by atoms with van der Waals surface area (Å²) in [4.78, 5) is -0.386. The molecule has 2 aromatic rings. The van der Waals surface area contributed by atoms with Crippen LogP contribution in [0.1, 0.15) is 0 Å². The molecule has 0 amide bonds. The van der Waals surface area contributed by atoms with Crippen LogP contribution in [-0.2, 0) is 9.73 Å². The third-order valence-electron chi connectivity index (χ3n) is 2.69. The summed E-state index contributed by atoms with van der Waals surface area (Å²) in [5.41, 5.74) is -5.10. The first-order chi connectivity index (χ1) is 9.88. The van der Waals surface area contributed by atoms with E-state index in [1.165, 1.54) is 37.4 Å². The van der Waals surface area contributed by atoms with E-state index in [4.69, 9.17) is 4.74 Å². The van der Waals surface area contributed by atoms with Gasteiger partial charge in [-0.2, -0.15) is 17.5 Å². The zero-order valence-corrected chi connectivity index (χ0v) is 11.8. The van der Waals surface area contributed by atoms with Gasteiger partial charge in [-0.15, -0.1) is 0 Å². The van der Waals surface area contributed by atoms with Gasteiger partial charge in [-0.05, 0) is 24.3 Å². The highest BCUT2D eigenvalue weighted by Crippen LogP contribution is 2.37. The van der Waals surface area contributed by atoms with E-state index in [1.807, 2.05) is 0 Å². The number of rotatable bonds is 3. The van der Waals surface area contributed by atoms with Crippen LogP contribution in [0.5, 0.6) is 5.75 Å². The highest BCUT2D eigenvalue weighted by Gasteiger charge is 2.44. The second-order valence-corrected chi connectivity index (χ2v) is 6.22. The number of benzene rings is 2. The van der Waals surface area contributed by atoms with Gasteiger partial charge in [-0.3, -0.25) is 0 Å². The highest BCUT2D eigenvalue weighted by atomic mass is 32.2. The Morgan fingerprint density at radius 2 is 1.57 bits per heavy atom.